The molecule has 0 spiro atoms. The Labute approximate surface area is 137 Å². The highest BCUT2D eigenvalue weighted by Gasteiger charge is 2.39. The van der Waals surface area contributed by atoms with Gasteiger partial charge in [0.05, 0.1) is 31.8 Å². The Morgan fingerprint density at radius 3 is 1.52 bits per heavy atom. The zero-order chi connectivity index (χ0) is 16.5. The van der Waals surface area contributed by atoms with Gasteiger partial charge in [-0.15, -0.1) is 0 Å². The van der Waals surface area contributed by atoms with Crippen LogP contribution in [0.15, 0.2) is 60.7 Å². The highest BCUT2D eigenvalue weighted by molar-refractivity contribution is 5.39. The summed E-state index contributed by atoms with van der Waals surface area (Å²) in [5.74, 6) is 0. The first-order valence-electron chi connectivity index (χ1n) is 7.79. The van der Waals surface area contributed by atoms with E-state index in [0.717, 1.165) is 11.1 Å². The van der Waals surface area contributed by atoms with Crippen LogP contribution in [-0.4, -0.2) is 42.9 Å². The van der Waals surface area contributed by atoms with Crippen molar-refractivity contribution in [1.29, 1.82) is 0 Å². The lowest BCUT2D eigenvalue weighted by Gasteiger charge is -2.38. The molecule has 124 valence electrons. The van der Waals surface area contributed by atoms with Gasteiger partial charge in [0, 0.05) is 0 Å². The molecule has 4 nitrogen and oxygen atoms in total. The lowest BCUT2D eigenvalue weighted by atomic mass is 9.75. The Balaban J connectivity index is 2.46. The summed E-state index contributed by atoms with van der Waals surface area (Å²) in [6.45, 7) is 2.23. The summed E-state index contributed by atoms with van der Waals surface area (Å²) >= 11 is 0. The molecule has 4 heteroatoms. The average molecular weight is 316 g/mol. The fourth-order valence-corrected chi connectivity index (χ4v) is 2.71. The van der Waals surface area contributed by atoms with Crippen LogP contribution in [0.1, 0.15) is 18.1 Å². The number of benzene rings is 2. The molecule has 0 aliphatic carbocycles. The van der Waals surface area contributed by atoms with Crippen LogP contribution in [0.3, 0.4) is 0 Å². The van der Waals surface area contributed by atoms with E-state index in [4.69, 9.17) is 19.7 Å². The fraction of sp³-hybridized carbons (Fsp3) is 0.368. The molecule has 0 amide bonds. The molecule has 2 aromatic rings. The van der Waals surface area contributed by atoms with E-state index in [0.29, 0.717) is 0 Å². The highest BCUT2D eigenvalue weighted by Crippen LogP contribution is 2.37. The van der Waals surface area contributed by atoms with Gasteiger partial charge in [0.25, 0.3) is 0 Å². The lowest BCUT2D eigenvalue weighted by Crippen LogP contribution is -2.42. The maximum atomic E-state index is 9.12. The van der Waals surface area contributed by atoms with Gasteiger partial charge in [-0.3, -0.25) is 0 Å². The molecule has 23 heavy (non-hydrogen) atoms. The van der Waals surface area contributed by atoms with Gasteiger partial charge in [-0.25, -0.2) is 0 Å². The van der Waals surface area contributed by atoms with Crippen molar-refractivity contribution in [1.82, 2.24) is 0 Å². The second-order valence-corrected chi connectivity index (χ2v) is 5.46. The minimum Gasteiger partial charge on any atom is -0.394 e. The Kier molecular flexibility index (Phi) is 6.74. The van der Waals surface area contributed by atoms with Gasteiger partial charge in [-0.05, 0) is 18.1 Å². The molecule has 0 aliphatic rings. The Morgan fingerprint density at radius 1 is 0.783 bits per heavy atom. The van der Waals surface area contributed by atoms with Gasteiger partial charge in [-0.2, -0.15) is 0 Å². The predicted octanol–water partition coefficient (Wildman–Crippen LogP) is 2.34. The molecule has 2 aromatic carbocycles. The third-order valence-corrected chi connectivity index (χ3v) is 3.94. The monoisotopic (exact) mass is 316 g/mol. The van der Waals surface area contributed by atoms with Crippen LogP contribution < -0.4 is 0 Å². The van der Waals surface area contributed by atoms with E-state index >= 15 is 0 Å². The fourth-order valence-electron chi connectivity index (χ4n) is 2.71. The highest BCUT2D eigenvalue weighted by atomic mass is 16.7. The molecule has 2 rings (SSSR count). The molecule has 0 radical (unpaired) electrons. The molecule has 0 heterocycles. The minimum atomic E-state index is -0.619. The maximum Gasteiger partial charge on any atom is 0.171 e. The van der Waals surface area contributed by atoms with Crippen molar-refractivity contribution in [3.8, 4) is 0 Å². The number of aliphatic hydroxyl groups is 2. The number of rotatable bonds is 9. The van der Waals surface area contributed by atoms with Gasteiger partial charge < -0.3 is 19.7 Å². The first-order valence-corrected chi connectivity index (χ1v) is 7.79. The summed E-state index contributed by atoms with van der Waals surface area (Å²) in [6, 6.07) is 20.0. The first kappa shape index (κ1) is 17.6. The van der Waals surface area contributed by atoms with Crippen LogP contribution in [0, 0.1) is 0 Å². The zero-order valence-corrected chi connectivity index (χ0v) is 13.4. The molecule has 2 N–H and O–H groups in total. The van der Waals surface area contributed by atoms with Crippen molar-refractivity contribution in [2.45, 2.75) is 18.6 Å². The smallest absolute Gasteiger partial charge is 0.171 e. The Morgan fingerprint density at radius 2 is 1.17 bits per heavy atom. The van der Waals surface area contributed by atoms with Crippen molar-refractivity contribution >= 4 is 0 Å². The van der Waals surface area contributed by atoms with Crippen molar-refractivity contribution < 1.29 is 19.7 Å². The summed E-state index contributed by atoms with van der Waals surface area (Å²) in [7, 11) is 0. The van der Waals surface area contributed by atoms with Crippen LogP contribution in [-0.2, 0) is 14.9 Å². The second-order valence-electron chi connectivity index (χ2n) is 5.46. The van der Waals surface area contributed by atoms with E-state index in [1.165, 1.54) is 0 Å². The van der Waals surface area contributed by atoms with Crippen LogP contribution in [0.2, 0.25) is 0 Å². The third kappa shape index (κ3) is 4.18. The number of ether oxygens (including phenoxy) is 2. The molecule has 0 fully saturated rings. The van der Waals surface area contributed by atoms with Crippen molar-refractivity contribution in [3.05, 3.63) is 71.8 Å². The van der Waals surface area contributed by atoms with Gasteiger partial charge >= 0.3 is 0 Å². The molecule has 0 aliphatic heterocycles. The summed E-state index contributed by atoms with van der Waals surface area (Å²) < 4.78 is 11.6. The van der Waals surface area contributed by atoms with Crippen LogP contribution in [0.25, 0.3) is 0 Å². The number of hydrogen-bond donors (Lipinski definition) is 2. The Hall–Kier alpha value is -1.72. The van der Waals surface area contributed by atoms with Crippen molar-refractivity contribution in [3.63, 3.8) is 0 Å². The number of aliphatic hydroxyl groups excluding tert-OH is 2. The third-order valence-electron chi connectivity index (χ3n) is 3.94. The minimum absolute atomic E-state index is 0.0847. The van der Waals surface area contributed by atoms with E-state index in [2.05, 4.69) is 6.92 Å². The topological polar surface area (TPSA) is 58.9 Å². The summed E-state index contributed by atoms with van der Waals surface area (Å²) in [5.41, 5.74) is 1.53. The summed E-state index contributed by atoms with van der Waals surface area (Å²) in [4.78, 5) is 0. The lowest BCUT2D eigenvalue weighted by molar-refractivity contribution is -0.179. The maximum absolute atomic E-state index is 9.12. The first-order chi connectivity index (χ1) is 11.2. The molecule has 0 atom stereocenters. The molecule has 0 bridgehead atoms. The summed E-state index contributed by atoms with van der Waals surface area (Å²) in [5, 5.41) is 18.2. The van der Waals surface area contributed by atoms with Crippen molar-refractivity contribution in [2.75, 3.05) is 26.4 Å². The quantitative estimate of drug-likeness (QED) is 0.697. The van der Waals surface area contributed by atoms with E-state index in [1.54, 1.807) is 0 Å². The average Bonchev–Trinajstić information content (AvgIpc) is 2.62. The molecule has 0 saturated heterocycles. The predicted molar refractivity (Wildman–Crippen MR) is 89.2 cm³/mol. The van der Waals surface area contributed by atoms with E-state index in [1.807, 2.05) is 60.7 Å². The summed E-state index contributed by atoms with van der Waals surface area (Å²) in [6.07, 6.45) is -0.619. The second kappa shape index (κ2) is 8.79. The SMILES string of the molecule is CC(c1ccccc1)(c1ccccc1)C(OCCO)OCCO. The molecule has 0 aromatic heterocycles. The molecule has 0 saturated carbocycles. The molecular formula is C19H24O4. The van der Waals surface area contributed by atoms with Crippen molar-refractivity contribution in [2.24, 2.45) is 0 Å². The van der Waals surface area contributed by atoms with Gasteiger partial charge in [0.2, 0.25) is 0 Å². The standard InChI is InChI=1S/C19H24O4/c1-19(16-8-4-2-5-9-16,17-10-6-3-7-11-17)18(22-14-12-20)23-15-13-21/h2-11,18,20-21H,12-15H2,1H3. The van der Waals surface area contributed by atoms with Gasteiger partial charge in [-0.1, -0.05) is 60.7 Å². The molecular weight excluding hydrogens is 292 g/mol. The van der Waals surface area contributed by atoms with Gasteiger partial charge in [0.1, 0.15) is 0 Å². The largest absolute Gasteiger partial charge is 0.394 e. The van der Waals surface area contributed by atoms with E-state index in [-0.39, 0.29) is 26.4 Å². The van der Waals surface area contributed by atoms with Gasteiger partial charge in [0.15, 0.2) is 6.29 Å². The van der Waals surface area contributed by atoms with E-state index in [9.17, 15) is 0 Å². The number of hydrogen-bond acceptors (Lipinski definition) is 4. The van der Waals surface area contributed by atoms with E-state index < -0.39 is 11.7 Å². The van der Waals surface area contributed by atoms with Crippen LogP contribution in [0.5, 0.6) is 0 Å². The molecule has 0 unspecified atom stereocenters. The Bertz CT molecular complexity index is 509. The normalized spacial score (nSPS) is 11.8. The zero-order valence-electron chi connectivity index (χ0n) is 13.4. The van der Waals surface area contributed by atoms with Crippen LogP contribution in [0.4, 0.5) is 0 Å². The van der Waals surface area contributed by atoms with Crippen LogP contribution >= 0.6 is 0 Å².